The maximum absolute atomic E-state index is 12.6. The standard InChI is InChI=1S/C22H26N4O/c1-22(2,3)18-9-5-7-11-20(18)25-12-14-26(15-13-25)21(27)24-19-10-6-4-8-17(19)16-23/h4-11H,12-15H2,1-3H3,(H,24,27). The maximum Gasteiger partial charge on any atom is 0.322 e. The van der Waals surface area contributed by atoms with Crippen LogP contribution in [0.4, 0.5) is 16.2 Å². The number of nitrogens with one attached hydrogen (secondary N) is 1. The van der Waals surface area contributed by atoms with Crippen molar-refractivity contribution in [3.63, 3.8) is 0 Å². The summed E-state index contributed by atoms with van der Waals surface area (Å²) in [7, 11) is 0. The van der Waals surface area contributed by atoms with Crippen molar-refractivity contribution in [3.8, 4) is 6.07 Å². The smallest absolute Gasteiger partial charge is 0.322 e. The third-order valence-electron chi connectivity index (χ3n) is 4.91. The second-order valence-electron chi connectivity index (χ2n) is 7.83. The summed E-state index contributed by atoms with van der Waals surface area (Å²) in [5.41, 5.74) is 3.69. The first kappa shape index (κ1) is 18.8. The summed E-state index contributed by atoms with van der Waals surface area (Å²) in [6.07, 6.45) is 0. The first-order valence-corrected chi connectivity index (χ1v) is 9.29. The minimum absolute atomic E-state index is 0.0755. The minimum atomic E-state index is -0.151. The van der Waals surface area contributed by atoms with Crippen LogP contribution in [-0.4, -0.2) is 37.1 Å². The van der Waals surface area contributed by atoms with Crippen LogP contribution in [0.2, 0.25) is 0 Å². The lowest BCUT2D eigenvalue weighted by atomic mass is 9.85. The van der Waals surface area contributed by atoms with Gasteiger partial charge in [0, 0.05) is 31.9 Å². The zero-order chi connectivity index (χ0) is 19.4. The second kappa shape index (κ2) is 7.71. The molecule has 2 aromatic carbocycles. The van der Waals surface area contributed by atoms with Crippen molar-refractivity contribution in [2.75, 3.05) is 36.4 Å². The van der Waals surface area contributed by atoms with Crippen LogP contribution in [0.1, 0.15) is 31.9 Å². The zero-order valence-electron chi connectivity index (χ0n) is 16.2. The number of piperazine rings is 1. The van der Waals surface area contributed by atoms with Crippen LogP contribution in [0.15, 0.2) is 48.5 Å². The highest BCUT2D eigenvalue weighted by atomic mass is 16.2. The van der Waals surface area contributed by atoms with Gasteiger partial charge in [-0.2, -0.15) is 5.26 Å². The third kappa shape index (κ3) is 4.22. The highest BCUT2D eigenvalue weighted by Crippen LogP contribution is 2.32. The van der Waals surface area contributed by atoms with E-state index in [2.05, 4.69) is 61.3 Å². The quantitative estimate of drug-likeness (QED) is 0.870. The lowest BCUT2D eigenvalue weighted by Gasteiger charge is -2.38. The number of benzene rings is 2. The fourth-order valence-corrected chi connectivity index (χ4v) is 3.42. The molecule has 27 heavy (non-hydrogen) atoms. The minimum Gasteiger partial charge on any atom is -0.368 e. The van der Waals surface area contributed by atoms with E-state index < -0.39 is 0 Å². The molecule has 5 nitrogen and oxygen atoms in total. The monoisotopic (exact) mass is 362 g/mol. The molecule has 3 rings (SSSR count). The molecule has 2 aromatic rings. The number of nitriles is 1. The van der Waals surface area contributed by atoms with Crippen molar-refractivity contribution in [1.82, 2.24) is 4.90 Å². The largest absolute Gasteiger partial charge is 0.368 e. The number of carbonyl (C=O) groups excluding carboxylic acids is 1. The molecule has 1 aliphatic rings. The van der Waals surface area contributed by atoms with E-state index >= 15 is 0 Å². The first-order valence-electron chi connectivity index (χ1n) is 9.29. The lowest BCUT2D eigenvalue weighted by molar-refractivity contribution is 0.208. The number of hydrogen-bond donors (Lipinski definition) is 1. The number of carbonyl (C=O) groups is 1. The highest BCUT2D eigenvalue weighted by molar-refractivity contribution is 5.91. The van der Waals surface area contributed by atoms with Gasteiger partial charge in [-0.1, -0.05) is 51.1 Å². The van der Waals surface area contributed by atoms with Gasteiger partial charge in [0.2, 0.25) is 0 Å². The molecule has 2 amide bonds. The molecule has 0 atom stereocenters. The topological polar surface area (TPSA) is 59.4 Å². The van der Waals surface area contributed by atoms with E-state index in [4.69, 9.17) is 0 Å². The molecule has 1 saturated heterocycles. The Balaban J connectivity index is 1.66. The van der Waals surface area contributed by atoms with Crippen LogP contribution < -0.4 is 10.2 Å². The Hall–Kier alpha value is -3.00. The van der Waals surface area contributed by atoms with Crippen molar-refractivity contribution < 1.29 is 4.79 Å². The van der Waals surface area contributed by atoms with Gasteiger partial charge in [-0.3, -0.25) is 0 Å². The molecule has 0 bridgehead atoms. The van der Waals surface area contributed by atoms with Crippen molar-refractivity contribution in [3.05, 3.63) is 59.7 Å². The SMILES string of the molecule is CC(C)(C)c1ccccc1N1CCN(C(=O)Nc2ccccc2C#N)CC1. The number of rotatable bonds is 2. The van der Waals surface area contributed by atoms with Gasteiger partial charge < -0.3 is 15.1 Å². The normalized spacial score (nSPS) is 14.6. The maximum atomic E-state index is 12.6. The molecule has 1 heterocycles. The van der Waals surface area contributed by atoms with Gasteiger partial charge in [-0.05, 0) is 29.2 Å². The van der Waals surface area contributed by atoms with E-state index in [-0.39, 0.29) is 11.4 Å². The molecule has 140 valence electrons. The van der Waals surface area contributed by atoms with Crippen molar-refractivity contribution in [2.45, 2.75) is 26.2 Å². The summed E-state index contributed by atoms with van der Waals surface area (Å²) in [4.78, 5) is 16.8. The van der Waals surface area contributed by atoms with Gasteiger partial charge in [0.25, 0.3) is 0 Å². The van der Waals surface area contributed by atoms with E-state index in [9.17, 15) is 10.1 Å². The molecule has 5 heteroatoms. The average molecular weight is 362 g/mol. The molecular formula is C22H26N4O. The van der Waals surface area contributed by atoms with E-state index in [0.717, 1.165) is 13.1 Å². The van der Waals surface area contributed by atoms with Crippen LogP contribution in [-0.2, 0) is 5.41 Å². The van der Waals surface area contributed by atoms with Crippen LogP contribution in [0.5, 0.6) is 0 Å². The van der Waals surface area contributed by atoms with Crippen molar-refractivity contribution >= 4 is 17.4 Å². The van der Waals surface area contributed by atoms with Crippen molar-refractivity contribution in [1.29, 1.82) is 5.26 Å². The molecule has 0 radical (unpaired) electrons. The van der Waals surface area contributed by atoms with E-state index in [1.807, 2.05) is 11.0 Å². The van der Waals surface area contributed by atoms with Gasteiger partial charge in [-0.25, -0.2) is 4.79 Å². The molecule has 1 fully saturated rings. The van der Waals surface area contributed by atoms with Crippen LogP contribution >= 0.6 is 0 Å². The van der Waals surface area contributed by atoms with E-state index in [1.165, 1.54) is 11.3 Å². The first-order chi connectivity index (χ1) is 12.9. The predicted octanol–water partition coefficient (Wildman–Crippen LogP) is 4.21. The van der Waals surface area contributed by atoms with Crippen LogP contribution in [0.3, 0.4) is 0 Å². The fourth-order valence-electron chi connectivity index (χ4n) is 3.42. The number of anilines is 2. The molecular weight excluding hydrogens is 336 g/mol. The Labute approximate surface area is 161 Å². The summed E-state index contributed by atoms with van der Waals surface area (Å²) in [6.45, 7) is 9.56. The highest BCUT2D eigenvalue weighted by Gasteiger charge is 2.25. The summed E-state index contributed by atoms with van der Waals surface area (Å²) in [5, 5.41) is 12.0. The Morgan fingerprint density at radius 1 is 1.00 bits per heavy atom. The van der Waals surface area contributed by atoms with Gasteiger partial charge in [0.05, 0.1) is 11.3 Å². The predicted molar refractivity (Wildman–Crippen MR) is 109 cm³/mol. The average Bonchev–Trinajstić information content (AvgIpc) is 2.68. The number of nitrogens with zero attached hydrogens (tertiary/aromatic N) is 3. The molecule has 0 aliphatic carbocycles. The summed E-state index contributed by atoms with van der Waals surface area (Å²) in [6, 6.07) is 17.5. The lowest BCUT2D eigenvalue weighted by Crippen LogP contribution is -2.50. The van der Waals surface area contributed by atoms with Gasteiger partial charge in [0.15, 0.2) is 0 Å². The van der Waals surface area contributed by atoms with Crippen LogP contribution in [0.25, 0.3) is 0 Å². The Morgan fingerprint density at radius 2 is 1.63 bits per heavy atom. The van der Waals surface area contributed by atoms with E-state index in [1.54, 1.807) is 18.2 Å². The Bertz CT molecular complexity index is 855. The molecule has 1 N–H and O–H groups in total. The zero-order valence-corrected chi connectivity index (χ0v) is 16.2. The number of urea groups is 1. The summed E-state index contributed by atoms with van der Waals surface area (Å²) < 4.78 is 0. The Morgan fingerprint density at radius 3 is 2.30 bits per heavy atom. The summed E-state index contributed by atoms with van der Waals surface area (Å²) >= 11 is 0. The van der Waals surface area contributed by atoms with Gasteiger partial charge >= 0.3 is 6.03 Å². The van der Waals surface area contributed by atoms with E-state index in [0.29, 0.717) is 24.3 Å². The van der Waals surface area contributed by atoms with Crippen LogP contribution in [0, 0.1) is 11.3 Å². The second-order valence-corrected chi connectivity index (χ2v) is 7.83. The summed E-state index contributed by atoms with van der Waals surface area (Å²) in [5.74, 6) is 0. The number of hydrogen-bond acceptors (Lipinski definition) is 3. The van der Waals surface area contributed by atoms with Gasteiger partial charge in [0.1, 0.15) is 6.07 Å². The third-order valence-corrected chi connectivity index (χ3v) is 4.91. The molecule has 0 saturated carbocycles. The molecule has 0 spiro atoms. The molecule has 0 unspecified atom stereocenters. The number of para-hydroxylation sites is 2. The molecule has 1 aliphatic heterocycles. The Kier molecular flexibility index (Phi) is 5.36. The molecule has 0 aromatic heterocycles. The fraction of sp³-hybridized carbons (Fsp3) is 0.364. The number of amides is 2. The van der Waals surface area contributed by atoms with Crippen molar-refractivity contribution in [2.24, 2.45) is 0 Å². The van der Waals surface area contributed by atoms with Gasteiger partial charge in [-0.15, -0.1) is 0 Å².